The molecule has 0 radical (unpaired) electrons. The number of carboxylic acids is 1. The summed E-state index contributed by atoms with van der Waals surface area (Å²) >= 11 is 0. The summed E-state index contributed by atoms with van der Waals surface area (Å²) in [5, 5.41) is 9.28. The average molecular weight is 407 g/mol. The maximum absolute atomic E-state index is 11.3. The molecule has 2 saturated heterocycles. The molecular formula is C24H38O5. The van der Waals surface area contributed by atoms with Gasteiger partial charge in [0.05, 0.1) is 17.6 Å². The van der Waals surface area contributed by atoms with Crippen LogP contribution in [0, 0.1) is 29.1 Å². The van der Waals surface area contributed by atoms with E-state index in [-0.39, 0.29) is 17.1 Å². The monoisotopic (exact) mass is 406 g/mol. The highest BCUT2D eigenvalue weighted by Crippen LogP contribution is 2.65. The molecule has 6 unspecified atom stereocenters. The Labute approximate surface area is 175 Å². The van der Waals surface area contributed by atoms with Gasteiger partial charge in [0.2, 0.25) is 0 Å². The van der Waals surface area contributed by atoms with Crippen molar-refractivity contribution < 1.29 is 24.4 Å². The first-order chi connectivity index (χ1) is 13.5. The number of hydrogen-bond acceptors (Lipinski definition) is 4. The fraction of sp³-hybridized carbons (Fsp3) is 0.875. The topological polar surface area (TPSA) is 65.0 Å². The van der Waals surface area contributed by atoms with Crippen LogP contribution in [-0.4, -0.2) is 34.5 Å². The molecule has 2 aliphatic carbocycles. The Kier molecular flexibility index (Phi) is 5.20. The van der Waals surface area contributed by atoms with Crippen molar-refractivity contribution in [1.82, 2.24) is 0 Å². The van der Waals surface area contributed by atoms with Gasteiger partial charge in [-0.05, 0) is 84.0 Å². The van der Waals surface area contributed by atoms with Gasteiger partial charge in [0, 0.05) is 5.41 Å². The maximum Gasteiger partial charge on any atom is 0.308 e. The fourth-order valence-corrected chi connectivity index (χ4v) is 6.75. The third kappa shape index (κ3) is 3.19. The number of fused-ring (bicyclic) bond motifs is 3. The van der Waals surface area contributed by atoms with Gasteiger partial charge in [-0.25, -0.2) is 9.78 Å². The Morgan fingerprint density at radius 2 is 2.00 bits per heavy atom. The summed E-state index contributed by atoms with van der Waals surface area (Å²) in [6.45, 7) is 13.2. The summed E-state index contributed by atoms with van der Waals surface area (Å²) in [4.78, 5) is 22.8. The van der Waals surface area contributed by atoms with Crippen molar-refractivity contribution in [2.24, 2.45) is 29.1 Å². The van der Waals surface area contributed by atoms with E-state index < -0.39 is 23.6 Å². The lowest BCUT2D eigenvalue weighted by Gasteiger charge is -2.56. The minimum atomic E-state index is -0.842. The molecule has 2 aliphatic heterocycles. The molecule has 0 bridgehead atoms. The molecule has 0 spiro atoms. The normalized spacial score (nSPS) is 51.0. The Hall–Kier alpha value is -0.910. The van der Waals surface area contributed by atoms with E-state index in [0.29, 0.717) is 24.2 Å². The van der Waals surface area contributed by atoms with Crippen molar-refractivity contribution in [3.05, 3.63) is 11.6 Å². The molecule has 29 heavy (non-hydrogen) atoms. The Morgan fingerprint density at radius 1 is 1.28 bits per heavy atom. The first-order valence-corrected chi connectivity index (χ1v) is 11.4. The van der Waals surface area contributed by atoms with E-state index in [0.717, 1.165) is 12.8 Å². The lowest BCUT2D eigenvalue weighted by molar-refractivity contribution is -0.426. The third-order valence-electron chi connectivity index (χ3n) is 9.33. The van der Waals surface area contributed by atoms with Crippen LogP contribution in [0.1, 0.15) is 80.1 Å². The lowest BCUT2D eigenvalue weighted by Crippen LogP contribution is -2.57. The number of allylic oxidation sites excluding steroid dienone is 2. The largest absolute Gasteiger partial charge is 0.481 e. The van der Waals surface area contributed by atoms with Crippen LogP contribution in [0.3, 0.4) is 0 Å². The molecule has 164 valence electrons. The van der Waals surface area contributed by atoms with Crippen molar-refractivity contribution >= 4 is 5.97 Å². The molecule has 0 aromatic rings. The zero-order valence-corrected chi connectivity index (χ0v) is 18.9. The summed E-state index contributed by atoms with van der Waals surface area (Å²) < 4.78 is 6.97. The highest BCUT2D eigenvalue weighted by Gasteiger charge is 2.66. The Balaban J connectivity index is 1.54. The highest BCUT2D eigenvalue weighted by atomic mass is 17.2. The van der Waals surface area contributed by atoms with Gasteiger partial charge in [-0.15, -0.1) is 0 Å². The zero-order valence-electron chi connectivity index (χ0n) is 18.9. The van der Waals surface area contributed by atoms with Gasteiger partial charge in [-0.3, -0.25) is 4.79 Å². The molecule has 5 heteroatoms. The summed E-state index contributed by atoms with van der Waals surface area (Å²) in [7, 11) is 0. The molecule has 9 atom stereocenters. The second-order valence-corrected chi connectivity index (χ2v) is 11.0. The summed E-state index contributed by atoms with van der Waals surface area (Å²) in [5.74, 6) is 0.317. The number of carboxylic acid groups (broad SMARTS) is 1. The number of aliphatic carboxylic acids is 1. The first kappa shape index (κ1) is 21.3. The van der Waals surface area contributed by atoms with E-state index >= 15 is 0 Å². The van der Waals surface area contributed by atoms with Crippen molar-refractivity contribution in [2.45, 2.75) is 103 Å². The number of ether oxygens (including phenoxy) is 1. The fourth-order valence-electron chi connectivity index (χ4n) is 6.75. The average Bonchev–Trinajstić information content (AvgIpc) is 2.96. The van der Waals surface area contributed by atoms with Crippen LogP contribution in [0.25, 0.3) is 0 Å². The van der Waals surface area contributed by atoms with Crippen molar-refractivity contribution in [3.8, 4) is 0 Å². The third-order valence-corrected chi connectivity index (χ3v) is 9.33. The molecule has 4 aliphatic rings. The Morgan fingerprint density at radius 3 is 2.62 bits per heavy atom. The molecule has 2 heterocycles. The van der Waals surface area contributed by atoms with E-state index in [1.54, 1.807) is 6.92 Å². The zero-order chi connectivity index (χ0) is 21.2. The predicted molar refractivity (Wildman–Crippen MR) is 110 cm³/mol. The van der Waals surface area contributed by atoms with Crippen LogP contribution in [0.5, 0.6) is 0 Å². The smallest absolute Gasteiger partial charge is 0.308 e. The Bertz CT molecular complexity index is 693. The second-order valence-electron chi connectivity index (χ2n) is 11.0. The van der Waals surface area contributed by atoms with Gasteiger partial charge in [0.15, 0.2) is 0 Å². The van der Waals surface area contributed by atoms with Gasteiger partial charge >= 0.3 is 5.97 Å². The minimum absolute atomic E-state index is 0.0354. The van der Waals surface area contributed by atoms with E-state index in [1.807, 2.05) is 0 Å². The molecule has 5 nitrogen and oxygen atoms in total. The van der Waals surface area contributed by atoms with Gasteiger partial charge in [0.25, 0.3) is 0 Å². The second kappa shape index (κ2) is 7.06. The number of rotatable bonds is 3. The number of carbonyl (C=O) groups is 1. The molecule has 4 rings (SSSR count). The van der Waals surface area contributed by atoms with Gasteiger partial charge in [0.1, 0.15) is 11.7 Å². The lowest BCUT2D eigenvalue weighted by atomic mass is 9.50. The van der Waals surface area contributed by atoms with Crippen molar-refractivity contribution in [1.29, 1.82) is 0 Å². The minimum Gasteiger partial charge on any atom is -0.481 e. The van der Waals surface area contributed by atoms with E-state index in [9.17, 15) is 9.90 Å². The molecule has 0 aromatic heterocycles. The van der Waals surface area contributed by atoms with Crippen molar-refractivity contribution in [3.63, 3.8) is 0 Å². The highest BCUT2D eigenvalue weighted by molar-refractivity contribution is 5.70. The van der Waals surface area contributed by atoms with Crippen LogP contribution in [0.2, 0.25) is 0 Å². The van der Waals surface area contributed by atoms with Crippen LogP contribution in [0.4, 0.5) is 0 Å². The standard InChI is InChI=1S/C24H38O5/c1-14-7-8-18-17(11-14)12-15(2)22(4)13-20(27-24(18,22)6)23(5)10-9-19(28-29-23)16(3)21(25)26/h11,15-20H,7-10,12-13H2,1-6H3,(H,25,26)/t15?,16-,17?,18?,19-,20?,22?,23+,24?/m0/s1. The molecule has 1 N–H and O–H groups in total. The maximum atomic E-state index is 11.3. The van der Waals surface area contributed by atoms with Gasteiger partial charge < -0.3 is 9.84 Å². The summed E-state index contributed by atoms with van der Waals surface area (Å²) in [6, 6.07) is 0. The summed E-state index contributed by atoms with van der Waals surface area (Å²) in [6.07, 6.45) is 8.08. The van der Waals surface area contributed by atoms with E-state index in [1.165, 1.54) is 24.8 Å². The van der Waals surface area contributed by atoms with E-state index in [4.69, 9.17) is 14.5 Å². The van der Waals surface area contributed by atoms with Crippen LogP contribution in [0.15, 0.2) is 11.6 Å². The van der Waals surface area contributed by atoms with Gasteiger partial charge in [-0.1, -0.05) is 25.5 Å². The molecular weight excluding hydrogens is 368 g/mol. The number of hydrogen-bond donors (Lipinski definition) is 1. The molecule has 1 saturated carbocycles. The molecule has 3 fully saturated rings. The SMILES string of the molecule is CC1=CC2CC(C)C3(C)CC([C@@]4(C)CC[C@@H]([C@H](C)C(=O)O)OO4)OC3(C)C2CC1. The summed E-state index contributed by atoms with van der Waals surface area (Å²) in [5.41, 5.74) is 0.924. The molecule has 0 aromatic carbocycles. The van der Waals surface area contributed by atoms with Crippen LogP contribution in [-0.2, 0) is 19.3 Å². The van der Waals surface area contributed by atoms with E-state index in [2.05, 4.69) is 40.7 Å². The van der Waals surface area contributed by atoms with Crippen LogP contribution < -0.4 is 0 Å². The van der Waals surface area contributed by atoms with Crippen molar-refractivity contribution in [2.75, 3.05) is 0 Å². The predicted octanol–water partition coefficient (Wildman–Crippen LogP) is 5.14. The first-order valence-electron chi connectivity index (χ1n) is 11.4. The van der Waals surface area contributed by atoms with Gasteiger partial charge in [-0.2, -0.15) is 0 Å². The molecule has 0 amide bonds. The quantitative estimate of drug-likeness (QED) is 0.519. The van der Waals surface area contributed by atoms with Crippen LogP contribution >= 0.6 is 0 Å².